The maximum Gasteiger partial charge on any atom is 0.0741 e. The van der Waals surface area contributed by atoms with Gasteiger partial charge in [-0.2, -0.15) is 0 Å². The van der Waals surface area contributed by atoms with E-state index in [2.05, 4.69) is 19.2 Å². The van der Waals surface area contributed by atoms with Crippen molar-refractivity contribution in [2.24, 2.45) is 0 Å². The molecule has 0 heterocycles. The Morgan fingerprint density at radius 1 is 1.20 bits per heavy atom. The molecule has 1 unspecified atom stereocenters. The van der Waals surface area contributed by atoms with Crippen molar-refractivity contribution < 1.29 is 5.11 Å². The molecule has 0 saturated heterocycles. The summed E-state index contributed by atoms with van der Waals surface area (Å²) >= 11 is 0. The van der Waals surface area contributed by atoms with E-state index in [1.165, 1.54) is 0 Å². The fourth-order valence-corrected chi connectivity index (χ4v) is 0.704. The summed E-state index contributed by atoms with van der Waals surface area (Å²) in [5.41, 5.74) is -0.621. The zero-order valence-corrected chi connectivity index (χ0v) is 7.60. The lowest BCUT2D eigenvalue weighted by molar-refractivity contribution is 0.0414. The Labute approximate surface area is 63.6 Å². The predicted octanol–water partition coefficient (Wildman–Crippen LogP) is 1.14. The van der Waals surface area contributed by atoms with Crippen molar-refractivity contribution in [3.05, 3.63) is 0 Å². The molecule has 0 radical (unpaired) electrons. The van der Waals surface area contributed by atoms with Crippen LogP contribution in [0, 0.1) is 0 Å². The van der Waals surface area contributed by atoms with Crippen LogP contribution in [0.4, 0.5) is 0 Å². The summed E-state index contributed by atoms with van der Waals surface area (Å²) in [5, 5.41) is 12.7. The molecule has 0 aliphatic rings. The highest BCUT2D eigenvalue weighted by molar-refractivity contribution is 4.80. The minimum absolute atomic E-state index is 0.146. The molecular formula is C8H19NO. The van der Waals surface area contributed by atoms with Crippen molar-refractivity contribution in [2.45, 2.75) is 52.3 Å². The van der Waals surface area contributed by atoms with E-state index in [1.54, 1.807) is 0 Å². The Morgan fingerprint density at radius 2 is 1.60 bits per heavy atom. The molecule has 0 aromatic heterocycles. The quantitative estimate of drug-likeness (QED) is 0.624. The van der Waals surface area contributed by atoms with Gasteiger partial charge in [0.25, 0.3) is 0 Å². The van der Waals surface area contributed by atoms with Crippen LogP contribution < -0.4 is 5.32 Å². The maximum absolute atomic E-state index is 9.47. The number of aliphatic hydroxyl groups is 1. The lowest BCUT2D eigenvalue weighted by Crippen LogP contribution is -2.47. The van der Waals surface area contributed by atoms with Gasteiger partial charge < -0.3 is 10.4 Å². The van der Waals surface area contributed by atoms with Gasteiger partial charge in [0, 0.05) is 12.1 Å². The maximum atomic E-state index is 9.47. The van der Waals surface area contributed by atoms with Crippen LogP contribution in [0.2, 0.25) is 0 Å². The molecule has 1 atom stereocenters. The van der Waals surface area contributed by atoms with Gasteiger partial charge in [-0.3, -0.25) is 0 Å². The molecular weight excluding hydrogens is 126 g/mol. The van der Waals surface area contributed by atoms with Crippen LogP contribution in [-0.2, 0) is 0 Å². The molecule has 0 rings (SSSR count). The Bertz CT molecular complexity index is 93.9. The zero-order chi connectivity index (χ0) is 8.36. The number of hydrogen-bond acceptors (Lipinski definition) is 2. The summed E-state index contributed by atoms with van der Waals surface area (Å²) in [4.78, 5) is 0. The first kappa shape index (κ1) is 9.92. The van der Waals surface area contributed by atoms with Crippen LogP contribution in [0.5, 0.6) is 0 Å². The molecule has 0 aliphatic carbocycles. The van der Waals surface area contributed by atoms with Crippen LogP contribution >= 0.6 is 0 Å². The molecule has 2 heteroatoms. The smallest absolute Gasteiger partial charge is 0.0741 e. The Hall–Kier alpha value is -0.0800. The van der Waals surface area contributed by atoms with Gasteiger partial charge in [0.1, 0.15) is 0 Å². The first-order chi connectivity index (χ1) is 4.34. The third-order valence-corrected chi connectivity index (χ3v) is 1.64. The second-order valence-electron chi connectivity index (χ2n) is 3.70. The number of rotatable bonds is 3. The van der Waals surface area contributed by atoms with Gasteiger partial charge in [-0.05, 0) is 20.8 Å². The van der Waals surface area contributed by atoms with E-state index in [9.17, 15) is 5.11 Å². The molecule has 2 N–H and O–H groups in total. The average Bonchev–Trinajstić information content (AvgIpc) is 1.60. The molecule has 0 aliphatic heterocycles. The van der Waals surface area contributed by atoms with E-state index in [1.807, 2.05) is 20.8 Å². The minimum Gasteiger partial charge on any atom is -0.389 e. The molecule has 10 heavy (non-hydrogen) atoms. The van der Waals surface area contributed by atoms with E-state index in [0.717, 1.165) is 0 Å². The molecule has 0 spiro atoms. The fraction of sp³-hybridized carbons (Fsp3) is 1.00. The van der Waals surface area contributed by atoms with Gasteiger partial charge in [0.05, 0.1) is 5.60 Å². The summed E-state index contributed by atoms with van der Waals surface area (Å²) in [6.07, 6.45) is 0. The van der Waals surface area contributed by atoms with Crippen molar-refractivity contribution in [3.63, 3.8) is 0 Å². The molecule has 0 fully saturated rings. The molecule has 2 nitrogen and oxygen atoms in total. The summed E-state index contributed by atoms with van der Waals surface area (Å²) in [6, 6.07) is 0.578. The Kier molecular flexibility index (Phi) is 3.33. The van der Waals surface area contributed by atoms with E-state index < -0.39 is 5.60 Å². The van der Waals surface area contributed by atoms with Crippen molar-refractivity contribution in [1.82, 2.24) is 5.32 Å². The van der Waals surface area contributed by atoms with Crippen LogP contribution in [0.1, 0.15) is 34.6 Å². The molecule has 0 amide bonds. The largest absolute Gasteiger partial charge is 0.389 e. The summed E-state index contributed by atoms with van der Waals surface area (Å²) in [6.45, 7) is 9.75. The lowest BCUT2D eigenvalue weighted by Gasteiger charge is -2.28. The number of nitrogens with one attached hydrogen (secondary N) is 1. The standard InChI is InChI=1S/C8H19NO/c1-6(2)9-7(3)8(4,5)10/h6-7,9-10H,1-5H3. The third kappa shape index (κ3) is 3.85. The highest BCUT2D eigenvalue weighted by atomic mass is 16.3. The number of hydrogen-bond donors (Lipinski definition) is 2. The molecule has 0 saturated carbocycles. The minimum atomic E-state index is -0.621. The molecule has 0 aromatic rings. The van der Waals surface area contributed by atoms with Gasteiger partial charge in [0.15, 0.2) is 0 Å². The normalized spacial score (nSPS) is 15.9. The fourth-order valence-electron chi connectivity index (χ4n) is 0.704. The van der Waals surface area contributed by atoms with Crippen molar-refractivity contribution in [2.75, 3.05) is 0 Å². The van der Waals surface area contributed by atoms with Crippen molar-refractivity contribution in [3.8, 4) is 0 Å². The van der Waals surface area contributed by atoms with Gasteiger partial charge in [-0.25, -0.2) is 0 Å². The third-order valence-electron chi connectivity index (χ3n) is 1.64. The molecule has 0 bridgehead atoms. The lowest BCUT2D eigenvalue weighted by atomic mass is 10.0. The SMILES string of the molecule is CC(C)NC(C)C(C)(C)O. The summed E-state index contributed by atoms with van der Waals surface area (Å²) < 4.78 is 0. The summed E-state index contributed by atoms with van der Waals surface area (Å²) in [5.74, 6) is 0. The van der Waals surface area contributed by atoms with E-state index >= 15 is 0 Å². The van der Waals surface area contributed by atoms with Crippen molar-refractivity contribution >= 4 is 0 Å². The van der Waals surface area contributed by atoms with E-state index in [0.29, 0.717) is 6.04 Å². The molecule has 0 aromatic carbocycles. The summed E-state index contributed by atoms with van der Waals surface area (Å²) in [7, 11) is 0. The first-order valence-corrected chi connectivity index (χ1v) is 3.82. The van der Waals surface area contributed by atoms with Gasteiger partial charge in [-0.15, -0.1) is 0 Å². The van der Waals surface area contributed by atoms with Crippen LogP contribution in [0.3, 0.4) is 0 Å². The zero-order valence-electron chi connectivity index (χ0n) is 7.60. The van der Waals surface area contributed by atoms with E-state index in [-0.39, 0.29) is 6.04 Å². The highest BCUT2D eigenvalue weighted by Crippen LogP contribution is 2.07. The average molecular weight is 145 g/mol. The monoisotopic (exact) mass is 145 g/mol. The highest BCUT2D eigenvalue weighted by Gasteiger charge is 2.21. The van der Waals surface area contributed by atoms with Gasteiger partial charge in [-0.1, -0.05) is 13.8 Å². The Morgan fingerprint density at radius 3 is 1.70 bits per heavy atom. The van der Waals surface area contributed by atoms with Crippen LogP contribution in [0.15, 0.2) is 0 Å². The molecule has 62 valence electrons. The van der Waals surface area contributed by atoms with Gasteiger partial charge in [0.2, 0.25) is 0 Å². The Balaban J connectivity index is 3.73. The predicted molar refractivity (Wildman–Crippen MR) is 44.0 cm³/mol. The topological polar surface area (TPSA) is 32.3 Å². The second-order valence-corrected chi connectivity index (χ2v) is 3.70. The first-order valence-electron chi connectivity index (χ1n) is 3.82. The van der Waals surface area contributed by atoms with Gasteiger partial charge >= 0.3 is 0 Å². The van der Waals surface area contributed by atoms with E-state index in [4.69, 9.17) is 0 Å². The van der Waals surface area contributed by atoms with Crippen LogP contribution in [-0.4, -0.2) is 22.8 Å². The van der Waals surface area contributed by atoms with Crippen LogP contribution in [0.25, 0.3) is 0 Å². The second kappa shape index (κ2) is 3.35. The van der Waals surface area contributed by atoms with Crippen molar-refractivity contribution in [1.29, 1.82) is 0 Å².